The number of hydrogen-bond acceptors (Lipinski definition) is 7. The molecule has 0 heterocycles. The van der Waals surface area contributed by atoms with Gasteiger partial charge in [0.05, 0.1) is 40.3 Å². The molecule has 0 saturated heterocycles. The highest BCUT2D eigenvalue weighted by molar-refractivity contribution is 5.70. The van der Waals surface area contributed by atoms with Crippen LogP contribution in [-0.2, 0) is 28.6 Å². The summed E-state index contributed by atoms with van der Waals surface area (Å²) < 4.78 is 17.1. The second-order valence-corrected chi connectivity index (χ2v) is 16.6. The van der Waals surface area contributed by atoms with Gasteiger partial charge in [0.1, 0.15) is 12.6 Å². The predicted octanol–water partition coefficient (Wildman–Crippen LogP) is 11.8. The number of carbonyl (C=O) groups excluding carboxylic acids is 3. The molecule has 2 atom stereocenters. The molecule has 0 radical (unpaired) electrons. The van der Waals surface area contributed by atoms with Gasteiger partial charge in [-0.1, -0.05) is 164 Å². The van der Waals surface area contributed by atoms with Crippen LogP contribution in [0.15, 0.2) is 72.9 Å². The van der Waals surface area contributed by atoms with Crippen molar-refractivity contribution in [3.63, 3.8) is 0 Å². The smallest absolute Gasteiger partial charge is 0.306 e. The van der Waals surface area contributed by atoms with E-state index in [1.165, 1.54) is 77.0 Å². The number of aliphatic carboxylic acids is 1. The average Bonchev–Trinajstić information content (AvgIpc) is 3.19. The lowest BCUT2D eigenvalue weighted by Crippen LogP contribution is -2.55. The van der Waals surface area contributed by atoms with E-state index in [9.17, 15) is 19.5 Å². The summed E-state index contributed by atoms with van der Waals surface area (Å²) in [5.41, 5.74) is 0. The first kappa shape index (κ1) is 55.8. The molecule has 0 amide bonds. The molecule has 8 nitrogen and oxygen atoms in total. The summed E-state index contributed by atoms with van der Waals surface area (Å²) in [5.74, 6) is -1.83. The van der Waals surface area contributed by atoms with Gasteiger partial charge in [-0.25, -0.2) is 0 Å². The summed E-state index contributed by atoms with van der Waals surface area (Å²) in [5, 5.41) is 11.6. The number of carboxylic acids is 1. The molecule has 0 aliphatic carbocycles. The topological polar surface area (TPSA) is 102 Å². The first-order valence-electron chi connectivity index (χ1n) is 23.5. The van der Waals surface area contributed by atoms with Gasteiger partial charge < -0.3 is 28.6 Å². The van der Waals surface area contributed by atoms with Gasteiger partial charge in [-0.3, -0.25) is 9.59 Å². The van der Waals surface area contributed by atoms with Crippen molar-refractivity contribution >= 4 is 17.9 Å². The molecule has 2 unspecified atom stereocenters. The highest BCUT2D eigenvalue weighted by Gasteiger charge is 2.25. The zero-order chi connectivity index (χ0) is 43.5. The number of likely N-dealkylation sites (N-methyl/N-ethyl adjacent to an activating group) is 1. The minimum absolute atomic E-state index is 0.0135. The molecule has 0 bridgehead atoms. The standard InChI is InChI=1S/C51H87NO7/c1-6-8-10-12-14-16-18-20-21-22-23-24-25-26-27-28-30-31-33-35-37-39-41-49(53)58-46-47(45-57-44-43-48(51(55)56)52(3,4)5)59-50(54)42-40-38-36-34-32-29-19-17-15-13-11-9-7-2/h8,10,14,16,20-21,23-24,29,32,36,38,47-48H,6-7,9,11-13,15,17-19,22,25-28,30-31,33-35,37,39-46H2,1-5H3/b10-8+,16-14+,21-20+,24-23+,32-29+,38-36+. The molecule has 0 rings (SSSR count). The van der Waals surface area contributed by atoms with E-state index in [4.69, 9.17) is 14.2 Å². The van der Waals surface area contributed by atoms with E-state index in [1.54, 1.807) is 21.1 Å². The Morgan fingerprint density at radius 3 is 1.47 bits per heavy atom. The van der Waals surface area contributed by atoms with E-state index in [-0.39, 0.29) is 49.1 Å². The maximum absolute atomic E-state index is 12.7. The maximum atomic E-state index is 12.7. The van der Waals surface area contributed by atoms with Crippen LogP contribution < -0.4 is 5.11 Å². The first-order valence-corrected chi connectivity index (χ1v) is 23.5. The molecular weight excluding hydrogens is 739 g/mol. The van der Waals surface area contributed by atoms with Crippen LogP contribution in [0.4, 0.5) is 0 Å². The summed E-state index contributed by atoms with van der Waals surface area (Å²) in [6, 6.07) is -0.738. The third-order valence-electron chi connectivity index (χ3n) is 10.1. The van der Waals surface area contributed by atoms with Crippen molar-refractivity contribution in [1.29, 1.82) is 0 Å². The fourth-order valence-corrected chi connectivity index (χ4v) is 6.47. The highest BCUT2D eigenvalue weighted by Crippen LogP contribution is 2.13. The van der Waals surface area contributed by atoms with Gasteiger partial charge in [0.15, 0.2) is 6.10 Å². The molecule has 0 saturated carbocycles. The van der Waals surface area contributed by atoms with Gasteiger partial charge >= 0.3 is 11.9 Å². The average molecular weight is 826 g/mol. The quantitative estimate of drug-likeness (QED) is 0.0262. The van der Waals surface area contributed by atoms with Gasteiger partial charge in [0.2, 0.25) is 0 Å². The van der Waals surface area contributed by atoms with Gasteiger partial charge in [-0.15, -0.1) is 0 Å². The molecular formula is C51H87NO7. The fraction of sp³-hybridized carbons (Fsp3) is 0.706. The van der Waals surface area contributed by atoms with E-state index >= 15 is 0 Å². The highest BCUT2D eigenvalue weighted by atomic mass is 16.6. The number of esters is 2. The van der Waals surface area contributed by atoms with Crippen molar-refractivity contribution in [2.75, 3.05) is 41.0 Å². The monoisotopic (exact) mass is 826 g/mol. The number of carbonyl (C=O) groups is 3. The van der Waals surface area contributed by atoms with Crippen LogP contribution in [0.5, 0.6) is 0 Å². The number of ether oxygens (including phenoxy) is 3. The number of nitrogens with zero attached hydrogens (tertiary/aromatic N) is 1. The van der Waals surface area contributed by atoms with Gasteiger partial charge in [-0.05, 0) is 70.6 Å². The molecule has 0 N–H and O–H groups in total. The van der Waals surface area contributed by atoms with Gasteiger partial charge in [0, 0.05) is 19.3 Å². The lowest BCUT2D eigenvalue weighted by molar-refractivity contribution is -0.889. The molecule has 8 heteroatoms. The Morgan fingerprint density at radius 1 is 0.525 bits per heavy atom. The lowest BCUT2D eigenvalue weighted by Gasteiger charge is -2.34. The summed E-state index contributed by atoms with van der Waals surface area (Å²) >= 11 is 0. The van der Waals surface area contributed by atoms with Crippen molar-refractivity contribution in [3.8, 4) is 0 Å². The van der Waals surface area contributed by atoms with Crippen molar-refractivity contribution in [2.24, 2.45) is 0 Å². The van der Waals surface area contributed by atoms with Gasteiger partial charge in [-0.2, -0.15) is 0 Å². The Hall–Kier alpha value is -3.23. The number of carboxylic acid groups (broad SMARTS) is 1. The second kappa shape index (κ2) is 41.5. The normalized spacial score (nSPS) is 13.6. The molecule has 0 aromatic heterocycles. The van der Waals surface area contributed by atoms with Gasteiger partial charge in [0.25, 0.3) is 0 Å². The summed E-state index contributed by atoms with van der Waals surface area (Å²) in [7, 11) is 5.38. The Bertz CT molecular complexity index is 1190. The fourth-order valence-electron chi connectivity index (χ4n) is 6.47. The largest absolute Gasteiger partial charge is 0.544 e. The Balaban J connectivity index is 4.32. The van der Waals surface area contributed by atoms with E-state index in [2.05, 4.69) is 80.7 Å². The van der Waals surface area contributed by atoms with Crippen LogP contribution in [0, 0.1) is 0 Å². The van der Waals surface area contributed by atoms with E-state index in [0.717, 1.165) is 64.2 Å². The van der Waals surface area contributed by atoms with Crippen LogP contribution in [0.1, 0.15) is 181 Å². The third-order valence-corrected chi connectivity index (χ3v) is 10.1. The number of hydrogen-bond donors (Lipinski definition) is 0. The Labute approximate surface area is 361 Å². The SMILES string of the molecule is CC/C=C/C/C=C/C/C=C/C/C=C/CCCCCCCCCCCC(=O)OCC(COCCC(C(=O)[O-])[N+](C)(C)C)OC(=O)CC/C=C/C/C=C/CCCCCCCC. The molecule has 0 fully saturated rings. The first-order chi connectivity index (χ1) is 28.6. The lowest BCUT2D eigenvalue weighted by atomic mass is 10.1. The molecule has 0 aliphatic heterocycles. The Morgan fingerprint density at radius 2 is 0.983 bits per heavy atom. The second-order valence-electron chi connectivity index (χ2n) is 16.6. The van der Waals surface area contributed by atoms with Crippen LogP contribution in [0.2, 0.25) is 0 Å². The number of allylic oxidation sites excluding steroid dienone is 12. The summed E-state index contributed by atoms with van der Waals surface area (Å²) in [6.45, 7) is 4.46. The van der Waals surface area contributed by atoms with Crippen molar-refractivity contribution < 1.29 is 38.2 Å². The van der Waals surface area contributed by atoms with E-state index < -0.39 is 18.1 Å². The number of unbranched alkanes of at least 4 members (excludes halogenated alkanes) is 15. The minimum atomic E-state index is -1.14. The molecule has 0 spiro atoms. The van der Waals surface area contributed by atoms with Crippen molar-refractivity contribution in [3.05, 3.63) is 72.9 Å². The van der Waals surface area contributed by atoms with Crippen LogP contribution in [0.3, 0.4) is 0 Å². The van der Waals surface area contributed by atoms with Crippen molar-refractivity contribution in [1.82, 2.24) is 0 Å². The van der Waals surface area contributed by atoms with Crippen molar-refractivity contribution in [2.45, 2.75) is 193 Å². The molecule has 0 aliphatic rings. The summed E-state index contributed by atoms with van der Waals surface area (Å²) in [6.07, 6.45) is 52.3. The zero-order valence-electron chi connectivity index (χ0n) is 38.4. The molecule has 0 aromatic rings. The van der Waals surface area contributed by atoms with E-state index in [1.807, 2.05) is 6.08 Å². The predicted molar refractivity (Wildman–Crippen MR) is 245 cm³/mol. The summed E-state index contributed by atoms with van der Waals surface area (Å²) in [4.78, 5) is 36.9. The third kappa shape index (κ3) is 40.0. The zero-order valence-corrected chi connectivity index (χ0v) is 38.4. The van der Waals surface area contributed by atoms with Crippen LogP contribution in [0.25, 0.3) is 0 Å². The van der Waals surface area contributed by atoms with E-state index in [0.29, 0.717) is 12.8 Å². The molecule has 59 heavy (non-hydrogen) atoms. The maximum Gasteiger partial charge on any atom is 0.306 e. The number of rotatable bonds is 41. The number of quaternary nitrogens is 1. The molecule has 0 aromatic carbocycles. The molecule has 338 valence electrons. The Kier molecular flexibility index (Phi) is 39.2. The van der Waals surface area contributed by atoms with Crippen LogP contribution in [-0.4, -0.2) is 75.5 Å². The van der Waals surface area contributed by atoms with Crippen LogP contribution >= 0.6 is 0 Å². The minimum Gasteiger partial charge on any atom is -0.544 e.